The van der Waals surface area contributed by atoms with Crippen LogP contribution in [0.1, 0.15) is 27.7 Å². The molecule has 0 rings (SSSR count). The van der Waals surface area contributed by atoms with E-state index in [0.717, 1.165) is 0 Å². The Labute approximate surface area is 80.1 Å². The van der Waals surface area contributed by atoms with Gasteiger partial charge in [-0.05, 0) is 12.3 Å². The highest BCUT2D eigenvalue weighted by Crippen LogP contribution is 2.17. The molecule has 12 heavy (non-hydrogen) atoms. The Morgan fingerprint density at radius 2 is 1.92 bits per heavy atom. The molecule has 0 amide bonds. The quantitative estimate of drug-likeness (QED) is 0.677. The zero-order chi connectivity index (χ0) is 9.07. The number of rotatable bonds is 2. The van der Waals surface area contributed by atoms with Gasteiger partial charge in [0.15, 0.2) is 0 Å². The zero-order valence-electron chi connectivity index (χ0n) is 8.09. The van der Waals surface area contributed by atoms with Crippen LogP contribution < -0.4 is 5.73 Å². The second kappa shape index (κ2) is 5.38. The van der Waals surface area contributed by atoms with Crippen LogP contribution in [0.25, 0.3) is 0 Å². The molecule has 0 aromatic carbocycles. The van der Waals surface area contributed by atoms with Gasteiger partial charge in [0, 0.05) is 0 Å². The molecule has 0 aliphatic rings. The summed E-state index contributed by atoms with van der Waals surface area (Å²) in [6, 6.07) is -0.526. The number of nitrogens with two attached hydrogens (primary N) is 1. The zero-order valence-corrected chi connectivity index (χ0v) is 8.90. The third kappa shape index (κ3) is 4.57. The topological polar surface area (TPSA) is 52.3 Å². The minimum Gasteiger partial charge on any atom is -0.465 e. The van der Waals surface area contributed by atoms with E-state index >= 15 is 0 Å². The molecule has 0 aliphatic carbocycles. The van der Waals surface area contributed by atoms with Crippen LogP contribution in [0.3, 0.4) is 0 Å². The normalized spacial score (nSPS) is 13.1. The van der Waals surface area contributed by atoms with Crippen molar-refractivity contribution >= 4 is 18.4 Å². The Morgan fingerprint density at radius 3 is 2.17 bits per heavy atom. The van der Waals surface area contributed by atoms with Gasteiger partial charge in [0.2, 0.25) is 0 Å². The lowest BCUT2D eigenvalue weighted by Crippen LogP contribution is -2.43. The second-order valence-corrected chi connectivity index (χ2v) is 3.60. The summed E-state index contributed by atoms with van der Waals surface area (Å²) in [6.07, 6.45) is 0. The van der Waals surface area contributed by atoms with Gasteiger partial charge in [-0.3, -0.25) is 4.79 Å². The van der Waals surface area contributed by atoms with Crippen LogP contribution in [0.5, 0.6) is 0 Å². The van der Waals surface area contributed by atoms with Crippen molar-refractivity contribution in [3.05, 3.63) is 0 Å². The summed E-state index contributed by atoms with van der Waals surface area (Å²) < 4.78 is 4.77. The van der Waals surface area contributed by atoms with Crippen molar-refractivity contribution in [3.63, 3.8) is 0 Å². The first-order chi connectivity index (χ1) is 4.89. The van der Waals surface area contributed by atoms with E-state index in [9.17, 15) is 4.79 Å². The van der Waals surface area contributed by atoms with Crippen LogP contribution in [0.15, 0.2) is 0 Å². The fourth-order valence-electron chi connectivity index (χ4n) is 0.586. The monoisotopic (exact) mass is 195 g/mol. The van der Waals surface area contributed by atoms with Crippen molar-refractivity contribution < 1.29 is 9.53 Å². The molecule has 1 atom stereocenters. The molecule has 0 aliphatic heterocycles. The maximum absolute atomic E-state index is 11.0. The molecule has 0 aromatic rings. The lowest BCUT2D eigenvalue weighted by Gasteiger charge is -2.24. The molecule has 2 N–H and O–H groups in total. The van der Waals surface area contributed by atoms with Gasteiger partial charge in [0.1, 0.15) is 6.04 Å². The van der Waals surface area contributed by atoms with Crippen molar-refractivity contribution in [3.8, 4) is 0 Å². The Morgan fingerprint density at radius 1 is 1.50 bits per heavy atom. The Hall–Kier alpha value is -0.280. The Balaban J connectivity index is 0. The smallest absolute Gasteiger partial charge is 0.323 e. The number of halogens is 1. The molecule has 74 valence electrons. The molecule has 0 saturated heterocycles. The summed E-state index contributed by atoms with van der Waals surface area (Å²) in [4.78, 5) is 11.0. The highest BCUT2D eigenvalue weighted by molar-refractivity contribution is 5.85. The number of ether oxygens (including phenoxy) is 1. The van der Waals surface area contributed by atoms with E-state index in [1.165, 1.54) is 0 Å². The van der Waals surface area contributed by atoms with Crippen molar-refractivity contribution in [2.24, 2.45) is 11.1 Å². The summed E-state index contributed by atoms with van der Waals surface area (Å²) in [5.74, 6) is -0.319. The number of carbonyl (C=O) groups is 1. The highest BCUT2D eigenvalue weighted by atomic mass is 35.5. The predicted octanol–water partition coefficient (Wildman–Crippen LogP) is 1.34. The number of esters is 1. The first-order valence-electron chi connectivity index (χ1n) is 3.81. The van der Waals surface area contributed by atoms with E-state index in [-0.39, 0.29) is 23.8 Å². The minimum absolute atomic E-state index is 0. The van der Waals surface area contributed by atoms with E-state index in [2.05, 4.69) is 0 Å². The van der Waals surface area contributed by atoms with Crippen molar-refractivity contribution in [1.29, 1.82) is 0 Å². The van der Waals surface area contributed by atoms with Gasteiger partial charge in [-0.15, -0.1) is 12.4 Å². The van der Waals surface area contributed by atoms with Gasteiger partial charge in [0.05, 0.1) is 6.61 Å². The van der Waals surface area contributed by atoms with Gasteiger partial charge in [0.25, 0.3) is 0 Å². The average Bonchev–Trinajstić information content (AvgIpc) is 1.85. The molecule has 0 heterocycles. The van der Waals surface area contributed by atoms with Crippen LogP contribution in [-0.4, -0.2) is 18.6 Å². The van der Waals surface area contributed by atoms with Gasteiger partial charge < -0.3 is 10.5 Å². The first-order valence-corrected chi connectivity index (χ1v) is 3.81. The van der Waals surface area contributed by atoms with Crippen LogP contribution in [-0.2, 0) is 9.53 Å². The van der Waals surface area contributed by atoms with Gasteiger partial charge in [-0.25, -0.2) is 0 Å². The summed E-state index contributed by atoms with van der Waals surface area (Å²) in [5, 5.41) is 0. The lowest BCUT2D eigenvalue weighted by atomic mass is 9.87. The van der Waals surface area contributed by atoms with E-state index in [4.69, 9.17) is 10.5 Å². The predicted molar refractivity (Wildman–Crippen MR) is 51.3 cm³/mol. The molecular formula is C8H18ClNO2. The van der Waals surface area contributed by atoms with Gasteiger partial charge in [-0.1, -0.05) is 20.8 Å². The summed E-state index contributed by atoms with van der Waals surface area (Å²) in [6.45, 7) is 7.90. The molecule has 0 spiro atoms. The minimum atomic E-state index is -0.526. The molecule has 0 saturated carbocycles. The largest absolute Gasteiger partial charge is 0.465 e. The SMILES string of the molecule is CCOC(=O)[C@@H](N)C(C)(C)C.Cl. The van der Waals surface area contributed by atoms with Crippen LogP contribution >= 0.6 is 12.4 Å². The standard InChI is InChI=1S/C8H17NO2.ClH/c1-5-11-7(10)6(9)8(2,3)4;/h6H,5,9H2,1-4H3;1H/t6-;/m1./s1. The number of carbonyl (C=O) groups excluding carboxylic acids is 1. The number of hydrogen-bond acceptors (Lipinski definition) is 3. The van der Waals surface area contributed by atoms with E-state index in [0.29, 0.717) is 6.61 Å². The molecule has 0 fully saturated rings. The Bertz CT molecular complexity index is 142. The summed E-state index contributed by atoms with van der Waals surface area (Å²) in [7, 11) is 0. The van der Waals surface area contributed by atoms with Crippen molar-refractivity contribution in [1.82, 2.24) is 0 Å². The molecule has 0 bridgehead atoms. The molecular weight excluding hydrogens is 178 g/mol. The van der Waals surface area contributed by atoms with Crippen LogP contribution in [0.4, 0.5) is 0 Å². The molecule has 3 nitrogen and oxygen atoms in total. The lowest BCUT2D eigenvalue weighted by molar-refractivity contribution is -0.147. The first kappa shape index (κ1) is 14.3. The fourth-order valence-corrected chi connectivity index (χ4v) is 0.586. The van der Waals surface area contributed by atoms with Crippen molar-refractivity contribution in [2.45, 2.75) is 33.7 Å². The molecule has 0 radical (unpaired) electrons. The summed E-state index contributed by atoms with van der Waals surface area (Å²) >= 11 is 0. The highest BCUT2D eigenvalue weighted by Gasteiger charge is 2.28. The maximum Gasteiger partial charge on any atom is 0.323 e. The van der Waals surface area contributed by atoms with E-state index in [1.54, 1.807) is 6.92 Å². The van der Waals surface area contributed by atoms with Gasteiger partial charge in [-0.2, -0.15) is 0 Å². The number of hydrogen-bond donors (Lipinski definition) is 1. The van der Waals surface area contributed by atoms with E-state index < -0.39 is 6.04 Å². The third-order valence-electron chi connectivity index (χ3n) is 1.47. The summed E-state index contributed by atoms with van der Waals surface area (Å²) in [5.41, 5.74) is 5.39. The van der Waals surface area contributed by atoms with Gasteiger partial charge >= 0.3 is 5.97 Å². The molecule has 4 heteroatoms. The second-order valence-electron chi connectivity index (χ2n) is 3.60. The molecule has 0 aromatic heterocycles. The van der Waals surface area contributed by atoms with E-state index in [1.807, 2.05) is 20.8 Å². The third-order valence-corrected chi connectivity index (χ3v) is 1.47. The molecule has 0 unspecified atom stereocenters. The van der Waals surface area contributed by atoms with Crippen LogP contribution in [0, 0.1) is 5.41 Å². The average molecular weight is 196 g/mol. The van der Waals surface area contributed by atoms with Crippen LogP contribution in [0.2, 0.25) is 0 Å². The fraction of sp³-hybridized carbons (Fsp3) is 0.875. The van der Waals surface area contributed by atoms with Crippen molar-refractivity contribution in [2.75, 3.05) is 6.61 Å². The Kier molecular flexibility index (Phi) is 6.39. The maximum atomic E-state index is 11.0.